The van der Waals surface area contributed by atoms with Gasteiger partial charge in [-0.2, -0.15) is 0 Å². The summed E-state index contributed by atoms with van der Waals surface area (Å²) in [6.45, 7) is 3.79. The van der Waals surface area contributed by atoms with Gasteiger partial charge in [0, 0.05) is 17.5 Å². The predicted molar refractivity (Wildman–Crippen MR) is 124 cm³/mol. The predicted octanol–water partition coefficient (Wildman–Crippen LogP) is 5.87. The van der Waals surface area contributed by atoms with Gasteiger partial charge in [0.15, 0.2) is 18.3 Å². The van der Waals surface area contributed by atoms with Gasteiger partial charge >= 0.3 is 5.97 Å². The third-order valence-electron chi connectivity index (χ3n) is 5.35. The smallest absolute Gasteiger partial charge is 0.341 e. The number of hydrogen-bond acceptors (Lipinski definition) is 4. The molecule has 0 unspecified atom stereocenters. The minimum atomic E-state index is -0.998. The summed E-state index contributed by atoms with van der Waals surface area (Å²) in [6.07, 6.45) is 1.32. The summed E-state index contributed by atoms with van der Waals surface area (Å²) in [5, 5.41) is 8.81. The molecule has 162 valence electrons. The molecule has 4 rings (SSSR count). The monoisotopic (exact) mass is 427 g/mol. The van der Waals surface area contributed by atoms with Crippen molar-refractivity contribution in [2.45, 2.75) is 26.7 Å². The van der Waals surface area contributed by atoms with E-state index >= 15 is 0 Å². The number of hydrogen-bond donors (Lipinski definition) is 1. The van der Waals surface area contributed by atoms with Gasteiger partial charge in [-0.1, -0.05) is 60.7 Å². The second kappa shape index (κ2) is 9.52. The summed E-state index contributed by atoms with van der Waals surface area (Å²) in [4.78, 5) is 15.6. The van der Waals surface area contributed by atoms with E-state index in [9.17, 15) is 4.79 Å². The molecule has 0 radical (unpaired) electrons. The van der Waals surface area contributed by atoms with Crippen LogP contribution in [0, 0.1) is 13.8 Å². The van der Waals surface area contributed by atoms with E-state index in [1.807, 2.05) is 42.5 Å². The van der Waals surface area contributed by atoms with Crippen LogP contribution in [0.15, 0.2) is 77.2 Å². The highest BCUT2D eigenvalue weighted by molar-refractivity contribution is 5.80. The number of benzene rings is 3. The largest absolute Gasteiger partial charge is 0.482 e. The van der Waals surface area contributed by atoms with Crippen molar-refractivity contribution in [3.8, 4) is 28.3 Å². The van der Waals surface area contributed by atoms with Crippen molar-refractivity contribution in [2.24, 2.45) is 0 Å². The van der Waals surface area contributed by atoms with E-state index in [0.29, 0.717) is 24.5 Å². The van der Waals surface area contributed by atoms with Crippen LogP contribution in [0.25, 0.3) is 22.6 Å². The van der Waals surface area contributed by atoms with Gasteiger partial charge in [-0.25, -0.2) is 9.78 Å². The van der Waals surface area contributed by atoms with Gasteiger partial charge in [0.2, 0.25) is 0 Å². The second-order valence-corrected chi connectivity index (χ2v) is 7.74. The topological polar surface area (TPSA) is 72.6 Å². The molecule has 0 fully saturated rings. The number of carbonyl (C=O) groups is 1. The van der Waals surface area contributed by atoms with E-state index in [1.165, 1.54) is 0 Å². The van der Waals surface area contributed by atoms with E-state index in [1.54, 1.807) is 6.07 Å². The lowest BCUT2D eigenvalue weighted by atomic mass is 9.99. The first kappa shape index (κ1) is 21.4. The molecule has 0 saturated carbocycles. The van der Waals surface area contributed by atoms with Crippen molar-refractivity contribution < 1.29 is 19.1 Å². The maximum absolute atomic E-state index is 10.7. The summed E-state index contributed by atoms with van der Waals surface area (Å²) in [6, 6.07) is 23.8. The molecule has 1 aromatic heterocycles. The SMILES string of the molecule is Cc1ccccc1-c1nc(CCc2cccc(OCC(=O)O)c2)oc1-c1ccccc1C. The first-order valence-corrected chi connectivity index (χ1v) is 10.6. The fourth-order valence-electron chi connectivity index (χ4n) is 3.69. The average Bonchev–Trinajstić information content (AvgIpc) is 3.21. The Morgan fingerprint density at radius 2 is 1.59 bits per heavy atom. The number of carboxylic acid groups (broad SMARTS) is 1. The fraction of sp³-hybridized carbons (Fsp3) is 0.185. The van der Waals surface area contributed by atoms with Crippen LogP contribution in [-0.2, 0) is 17.6 Å². The standard InChI is InChI=1S/C27H25NO4/c1-18-8-3-5-12-22(18)26-27(23-13-6-4-9-19(23)2)32-24(28-26)15-14-20-10-7-11-21(16-20)31-17-25(29)30/h3-13,16H,14-15,17H2,1-2H3,(H,29,30). The molecule has 5 heteroatoms. The molecule has 1 heterocycles. The minimum Gasteiger partial charge on any atom is -0.482 e. The van der Waals surface area contributed by atoms with E-state index in [0.717, 1.165) is 39.3 Å². The van der Waals surface area contributed by atoms with Crippen LogP contribution < -0.4 is 4.74 Å². The number of aliphatic carboxylic acids is 1. The molecular formula is C27H25NO4. The van der Waals surface area contributed by atoms with Crippen molar-refractivity contribution in [1.29, 1.82) is 0 Å². The minimum absolute atomic E-state index is 0.358. The highest BCUT2D eigenvalue weighted by Gasteiger charge is 2.19. The van der Waals surface area contributed by atoms with Gasteiger partial charge in [-0.15, -0.1) is 0 Å². The van der Waals surface area contributed by atoms with Gasteiger partial charge in [-0.05, 0) is 49.1 Å². The van der Waals surface area contributed by atoms with Crippen LogP contribution in [0.3, 0.4) is 0 Å². The van der Waals surface area contributed by atoms with E-state index in [-0.39, 0.29) is 6.61 Å². The van der Waals surface area contributed by atoms with E-state index in [2.05, 4.69) is 38.1 Å². The van der Waals surface area contributed by atoms with Crippen LogP contribution in [-0.4, -0.2) is 22.7 Å². The molecule has 4 aromatic rings. The molecule has 1 N–H and O–H groups in total. The maximum Gasteiger partial charge on any atom is 0.341 e. The zero-order valence-corrected chi connectivity index (χ0v) is 18.2. The number of oxazole rings is 1. The Morgan fingerprint density at radius 3 is 2.28 bits per heavy atom. The number of aromatic nitrogens is 1. The molecule has 0 aliphatic rings. The molecule has 3 aromatic carbocycles. The van der Waals surface area contributed by atoms with Gasteiger partial charge in [0.1, 0.15) is 11.4 Å². The van der Waals surface area contributed by atoms with Gasteiger partial charge in [0.05, 0.1) is 0 Å². The summed E-state index contributed by atoms with van der Waals surface area (Å²) in [5.74, 6) is 0.991. The molecule has 0 saturated heterocycles. The Labute approximate surface area is 187 Å². The lowest BCUT2D eigenvalue weighted by Gasteiger charge is -2.06. The average molecular weight is 428 g/mol. The van der Waals surface area contributed by atoms with Crippen molar-refractivity contribution in [3.63, 3.8) is 0 Å². The Bertz CT molecular complexity index is 1180. The first-order chi connectivity index (χ1) is 15.5. The van der Waals surface area contributed by atoms with Crippen LogP contribution in [0.4, 0.5) is 0 Å². The quantitative estimate of drug-likeness (QED) is 0.380. The number of ether oxygens (including phenoxy) is 1. The summed E-state index contributed by atoms with van der Waals surface area (Å²) in [7, 11) is 0. The summed E-state index contributed by atoms with van der Waals surface area (Å²) >= 11 is 0. The Morgan fingerprint density at radius 1 is 0.906 bits per heavy atom. The Kier molecular flexibility index (Phi) is 6.36. The highest BCUT2D eigenvalue weighted by atomic mass is 16.5. The highest BCUT2D eigenvalue weighted by Crippen LogP contribution is 2.36. The summed E-state index contributed by atoms with van der Waals surface area (Å²) in [5.41, 5.74) is 6.25. The molecule has 0 aliphatic heterocycles. The fourth-order valence-corrected chi connectivity index (χ4v) is 3.69. The lowest BCUT2D eigenvalue weighted by molar-refractivity contribution is -0.139. The molecule has 0 atom stereocenters. The van der Waals surface area contributed by atoms with Crippen molar-refractivity contribution in [2.75, 3.05) is 6.61 Å². The number of carboxylic acids is 1. The third-order valence-corrected chi connectivity index (χ3v) is 5.35. The van der Waals surface area contributed by atoms with Crippen LogP contribution >= 0.6 is 0 Å². The number of rotatable bonds is 8. The molecule has 0 bridgehead atoms. The van der Waals surface area contributed by atoms with Gasteiger partial charge in [-0.3, -0.25) is 0 Å². The van der Waals surface area contributed by atoms with Crippen molar-refractivity contribution in [1.82, 2.24) is 4.98 Å². The number of nitrogens with zero attached hydrogens (tertiary/aromatic N) is 1. The Hall–Kier alpha value is -3.86. The third kappa shape index (κ3) is 4.89. The molecular weight excluding hydrogens is 402 g/mol. The van der Waals surface area contributed by atoms with Crippen LogP contribution in [0.1, 0.15) is 22.6 Å². The van der Waals surface area contributed by atoms with Crippen molar-refractivity contribution in [3.05, 3.63) is 95.4 Å². The van der Waals surface area contributed by atoms with Crippen LogP contribution in [0.2, 0.25) is 0 Å². The zero-order valence-electron chi connectivity index (χ0n) is 18.2. The van der Waals surface area contributed by atoms with Crippen LogP contribution in [0.5, 0.6) is 5.75 Å². The van der Waals surface area contributed by atoms with Gasteiger partial charge in [0.25, 0.3) is 0 Å². The summed E-state index contributed by atoms with van der Waals surface area (Å²) < 4.78 is 11.6. The number of aryl methyl sites for hydroxylation is 4. The molecule has 32 heavy (non-hydrogen) atoms. The Balaban J connectivity index is 1.63. The first-order valence-electron chi connectivity index (χ1n) is 10.6. The van der Waals surface area contributed by atoms with E-state index in [4.69, 9.17) is 19.2 Å². The lowest BCUT2D eigenvalue weighted by Crippen LogP contribution is -2.09. The second-order valence-electron chi connectivity index (χ2n) is 7.74. The van der Waals surface area contributed by atoms with Gasteiger partial charge < -0.3 is 14.3 Å². The van der Waals surface area contributed by atoms with Crippen molar-refractivity contribution >= 4 is 5.97 Å². The van der Waals surface area contributed by atoms with E-state index < -0.39 is 5.97 Å². The molecule has 0 amide bonds. The molecule has 0 aliphatic carbocycles. The molecule has 5 nitrogen and oxygen atoms in total. The zero-order chi connectivity index (χ0) is 22.5. The molecule has 0 spiro atoms. The normalized spacial score (nSPS) is 10.8. The maximum atomic E-state index is 10.7.